The highest BCUT2D eigenvalue weighted by atomic mass is 19.1. The molecule has 18 heavy (non-hydrogen) atoms. The van der Waals surface area contributed by atoms with Gasteiger partial charge in [0, 0.05) is 24.2 Å². The second kappa shape index (κ2) is 5.67. The Bertz CT molecular complexity index is 411. The van der Waals surface area contributed by atoms with Crippen molar-refractivity contribution >= 4 is 0 Å². The third-order valence-corrected chi connectivity index (χ3v) is 3.79. The van der Waals surface area contributed by atoms with Crippen LogP contribution in [0.25, 0.3) is 0 Å². The van der Waals surface area contributed by atoms with E-state index in [4.69, 9.17) is 0 Å². The molecule has 0 amide bonds. The van der Waals surface area contributed by atoms with Crippen molar-refractivity contribution in [3.8, 4) is 5.75 Å². The summed E-state index contributed by atoms with van der Waals surface area (Å²) < 4.78 is 13.8. The van der Waals surface area contributed by atoms with Gasteiger partial charge in [0.1, 0.15) is 11.6 Å². The van der Waals surface area contributed by atoms with Crippen molar-refractivity contribution < 1.29 is 9.50 Å². The van der Waals surface area contributed by atoms with Gasteiger partial charge >= 0.3 is 0 Å². The fraction of sp³-hybridized carbons (Fsp3) is 0.571. The summed E-state index contributed by atoms with van der Waals surface area (Å²) in [4.78, 5) is 2.30. The lowest BCUT2D eigenvalue weighted by Gasteiger charge is -2.25. The van der Waals surface area contributed by atoms with Gasteiger partial charge in [0.25, 0.3) is 0 Å². The highest BCUT2D eigenvalue weighted by Crippen LogP contribution is 2.29. The molecule has 1 aromatic rings. The molecule has 0 aromatic heterocycles. The number of hydrogen-bond donors (Lipinski definition) is 2. The molecular formula is C14H21FN2O. The number of benzene rings is 1. The van der Waals surface area contributed by atoms with Crippen molar-refractivity contribution in [1.29, 1.82) is 0 Å². The van der Waals surface area contributed by atoms with Gasteiger partial charge in [0.15, 0.2) is 0 Å². The summed E-state index contributed by atoms with van der Waals surface area (Å²) in [5.74, 6) is 0.315. The van der Waals surface area contributed by atoms with Gasteiger partial charge in [-0.25, -0.2) is 4.39 Å². The lowest BCUT2D eigenvalue weighted by atomic mass is 10.1. The molecule has 4 heteroatoms. The number of nitrogens with one attached hydrogen (secondary N) is 1. The average molecular weight is 252 g/mol. The van der Waals surface area contributed by atoms with Crippen LogP contribution in [0.5, 0.6) is 5.75 Å². The minimum absolute atomic E-state index is 0.0158. The second-order valence-electron chi connectivity index (χ2n) is 5.09. The van der Waals surface area contributed by atoms with E-state index >= 15 is 0 Å². The Kier molecular flexibility index (Phi) is 4.19. The first-order chi connectivity index (χ1) is 8.61. The van der Waals surface area contributed by atoms with Crippen LogP contribution in [0.2, 0.25) is 0 Å². The number of hydrogen-bond acceptors (Lipinski definition) is 3. The molecule has 3 nitrogen and oxygen atoms in total. The predicted molar refractivity (Wildman–Crippen MR) is 70.1 cm³/mol. The Hall–Kier alpha value is -1.13. The first-order valence-corrected chi connectivity index (χ1v) is 6.49. The zero-order chi connectivity index (χ0) is 13.1. The fourth-order valence-corrected chi connectivity index (χ4v) is 2.72. The number of phenolic OH excluding ortho intramolecular Hbond substituents is 1. The number of nitrogens with zero attached hydrogens (tertiary/aromatic N) is 1. The van der Waals surface area contributed by atoms with Crippen LogP contribution in [0.1, 0.15) is 24.9 Å². The first-order valence-electron chi connectivity index (χ1n) is 6.49. The maximum atomic E-state index is 13.8. The second-order valence-corrected chi connectivity index (χ2v) is 5.09. The minimum Gasteiger partial charge on any atom is -0.508 e. The maximum absolute atomic E-state index is 13.8. The van der Waals surface area contributed by atoms with Gasteiger partial charge in [-0.2, -0.15) is 0 Å². The summed E-state index contributed by atoms with van der Waals surface area (Å²) in [7, 11) is 1.96. The Labute approximate surface area is 108 Å². The largest absolute Gasteiger partial charge is 0.508 e. The van der Waals surface area contributed by atoms with E-state index in [9.17, 15) is 9.50 Å². The maximum Gasteiger partial charge on any atom is 0.131 e. The molecule has 2 N–H and O–H groups in total. The summed E-state index contributed by atoms with van der Waals surface area (Å²) in [6.45, 7) is 5.05. The number of halogens is 1. The molecule has 2 unspecified atom stereocenters. The lowest BCUT2D eigenvalue weighted by Crippen LogP contribution is -2.27. The van der Waals surface area contributed by atoms with Gasteiger partial charge in [-0.05, 0) is 45.5 Å². The molecule has 1 saturated heterocycles. The van der Waals surface area contributed by atoms with Crippen LogP contribution in [-0.4, -0.2) is 36.7 Å². The normalized spacial score (nSPS) is 22.3. The van der Waals surface area contributed by atoms with E-state index in [0.29, 0.717) is 11.5 Å². The van der Waals surface area contributed by atoms with Gasteiger partial charge < -0.3 is 10.4 Å². The average Bonchev–Trinajstić information content (AvgIpc) is 2.77. The van der Waals surface area contributed by atoms with E-state index in [0.717, 1.165) is 26.1 Å². The van der Waals surface area contributed by atoms with E-state index in [1.165, 1.54) is 6.07 Å². The molecule has 0 aliphatic carbocycles. The van der Waals surface area contributed by atoms with Gasteiger partial charge in [-0.1, -0.05) is 6.07 Å². The van der Waals surface area contributed by atoms with Crippen LogP contribution in [0.3, 0.4) is 0 Å². The summed E-state index contributed by atoms with van der Waals surface area (Å²) >= 11 is 0. The van der Waals surface area contributed by atoms with Gasteiger partial charge in [-0.15, -0.1) is 0 Å². The van der Waals surface area contributed by atoms with Crippen LogP contribution in [0, 0.1) is 11.7 Å². The van der Waals surface area contributed by atoms with Gasteiger partial charge in [0.2, 0.25) is 0 Å². The van der Waals surface area contributed by atoms with Crippen molar-refractivity contribution in [3.63, 3.8) is 0 Å². The molecule has 0 spiro atoms. The zero-order valence-corrected chi connectivity index (χ0v) is 11.0. The summed E-state index contributed by atoms with van der Waals surface area (Å²) in [5.41, 5.74) is 0.665. The highest BCUT2D eigenvalue weighted by Gasteiger charge is 2.27. The minimum atomic E-state index is -0.320. The standard InChI is InChI=1S/C14H21FN2O/c1-10(13-4-3-12(18)7-14(13)15)17-6-5-11(9-17)8-16-2/h3-4,7,10-11,16,18H,5-6,8-9H2,1-2H3. The van der Waals surface area contributed by atoms with Crippen LogP contribution in [0.4, 0.5) is 4.39 Å². The highest BCUT2D eigenvalue weighted by molar-refractivity contribution is 5.29. The van der Waals surface area contributed by atoms with E-state index in [-0.39, 0.29) is 17.6 Å². The van der Waals surface area contributed by atoms with Crippen molar-refractivity contribution in [2.45, 2.75) is 19.4 Å². The number of rotatable bonds is 4. The third kappa shape index (κ3) is 2.82. The van der Waals surface area contributed by atoms with E-state index in [1.807, 2.05) is 14.0 Å². The molecule has 100 valence electrons. The van der Waals surface area contributed by atoms with Crippen LogP contribution < -0.4 is 5.32 Å². The monoisotopic (exact) mass is 252 g/mol. The SMILES string of the molecule is CNCC1CCN(C(C)c2ccc(O)cc2F)C1. The molecule has 2 rings (SSSR count). The van der Waals surface area contributed by atoms with Crippen LogP contribution in [0.15, 0.2) is 18.2 Å². The Morgan fingerprint density at radius 3 is 3.00 bits per heavy atom. The summed E-state index contributed by atoms with van der Waals surface area (Å²) in [5, 5.41) is 12.4. The summed E-state index contributed by atoms with van der Waals surface area (Å²) in [6.07, 6.45) is 1.16. The van der Waals surface area contributed by atoms with E-state index in [1.54, 1.807) is 12.1 Å². The molecule has 1 aromatic carbocycles. The van der Waals surface area contributed by atoms with Crippen LogP contribution in [-0.2, 0) is 0 Å². The van der Waals surface area contributed by atoms with E-state index in [2.05, 4.69) is 10.2 Å². The predicted octanol–water partition coefficient (Wildman–Crippen LogP) is 2.13. The molecule has 1 aliphatic heterocycles. The Morgan fingerprint density at radius 1 is 1.56 bits per heavy atom. The topological polar surface area (TPSA) is 35.5 Å². The molecule has 0 radical (unpaired) electrons. The van der Waals surface area contributed by atoms with Crippen molar-refractivity contribution in [1.82, 2.24) is 10.2 Å². The molecular weight excluding hydrogens is 231 g/mol. The van der Waals surface area contributed by atoms with E-state index < -0.39 is 0 Å². The first kappa shape index (κ1) is 13.3. The summed E-state index contributed by atoms with van der Waals surface area (Å²) in [6, 6.07) is 4.48. The van der Waals surface area contributed by atoms with Crippen molar-refractivity contribution in [2.75, 3.05) is 26.7 Å². The Balaban J connectivity index is 2.05. The molecule has 1 fully saturated rings. The Morgan fingerprint density at radius 2 is 2.33 bits per heavy atom. The zero-order valence-electron chi connectivity index (χ0n) is 11.0. The number of aromatic hydroxyl groups is 1. The van der Waals surface area contributed by atoms with Crippen molar-refractivity contribution in [2.24, 2.45) is 5.92 Å². The van der Waals surface area contributed by atoms with Gasteiger partial charge in [-0.3, -0.25) is 4.90 Å². The fourth-order valence-electron chi connectivity index (χ4n) is 2.72. The molecule has 0 saturated carbocycles. The lowest BCUT2D eigenvalue weighted by molar-refractivity contribution is 0.247. The third-order valence-electron chi connectivity index (χ3n) is 3.79. The molecule has 0 bridgehead atoms. The molecule has 1 heterocycles. The molecule has 1 aliphatic rings. The molecule has 2 atom stereocenters. The van der Waals surface area contributed by atoms with Crippen LogP contribution >= 0.6 is 0 Å². The quantitative estimate of drug-likeness (QED) is 0.861. The number of likely N-dealkylation sites (tertiary alicyclic amines) is 1. The smallest absolute Gasteiger partial charge is 0.131 e. The van der Waals surface area contributed by atoms with Gasteiger partial charge in [0.05, 0.1) is 0 Å². The van der Waals surface area contributed by atoms with Crippen molar-refractivity contribution in [3.05, 3.63) is 29.6 Å². The number of phenols is 1.